The number of hydrogen-bond donors (Lipinski definition) is 1. The first-order valence-corrected chi connectivity index (χ1v) is 12.1. The summed E-state index contributed by atoms with van der Waals surface area (Å²) in [7, 11) is -1.61. The average Bonchev–Trinajstić information content (AvgIpc) is 3.24. The van der Waals surface area contributed by atoms with Crippen LogP contribution in [0.1, 0.15) is 41.6 Å². The van der Waals surface area contributed by atoms with Crippen LogP contribution in [0.25, 0.3) is 0 Å². The Morgan fingerprint density at radius 1 is 1.00 bits per heavy atom. The van der Waals surface area contributed by atoms with Crippen molar-refractivity contribution < 1.29 is 17.6 Å². The van der Waals surface area contributed by atoms with Crippen LogP contribution in [-0.2, 0) is 15.6 Å². The van der Waals surface area contributed by atoms with E-state index in [0.717, 1.165) is 31.2 Å². The molecule has 0 spiro atoms. The van der Waals surface area contributed by atoms with Gasteiger partial charge in [0, 0.05) is 31.7 Å². The van der Waals surface area contributed by atoms with Gasteiger partial charge in [0.15, 0.2) is 0 Å². The molecular weight excluding hydrogens is 417 g/mol. The van der Waals surface area contributed by atoms with E-state index >= 15 is 0 Å². The number of carbonyl (C=O) groups excluding carboxylic acids is 1. The van der Waals surface area contributed by atoms with Crippen LogP contribution in [-0.4, -0.2) is 56.8 Å². The van der Waals surface area contributed by atoms with E-state index in [9.17, 15) is 17.6 Å². The Bertz CT molecular complexity index is 1040. The predicted octanol–water partition coefficient (Wildman–Crippen LogP) is 2.96. The van der Waals surface area contributed by atoms with Crippen LogP contribution < -0.4 is 5.32 Å². The van der Waals surface area contributed by atoms with Crippen molar-refractivity contribution in [2.75, 3.05) is 33.2 Å². The molecule has 1 saturated heterocycles. The maximum atomic E-state index is 13.8. The molecule has 31 heavy (non-hydrogen) atoms. The smallest absolute Gasteiger partial charge is 0.251 e. The minimum Gasteiger partial charge on any atom is -0.343 e. The van der Waals surface area contributed by atoms with Crippen LogP contribution in [0, 0.1) is 5.82 Å². The van der Waals surface area contributed by atoms with E-state index in [2.05, 4.69) is 10.2 Å². The number of amides is 1. The first-order valence-electron chi connectivity index (χ1n) is 10.7. The normalized spacial score (nSPS) is 19.9. The summed E-state index contributed by atoms with van der Waals surface area (Å²) in [5.74, 6) is -0.605. The molecule has 1 aliphatic carbocycles. The van der Waals surface area contributed by atoms with Gasteiger partial charge < -0.3 is 10.2 Å². The third-order valence-corrected chi connectivity index (χ3v) is 8.32. The van der Waals surface area contributed by atoms with Gasteiger partial charge in [-0.25, -0.2) is 12.8 Å². The van der Waals surface area contributed by atoms with Crippen molar-refractivity contribution in [3.05, 3.63) is 65.5 Å². The molecule has 8 heteroatoms. The first-order chi connectivity index (χ1) is 14.8. The Morgan fingerprint density at radius 3 is 2.26 bits per heavy atom. The summed E-state index contributed by atoms with van der Waals surface area (Å²) in [6.45, 7) is 2.30. The maximum absolute atomic E-state index is 13.8. The number of sulfonamides is 1. The van der Waals surface area contributed by atoms with Gasteiger partial charge >= 0.3 is 0 Å². The molecule has 2 aromatic carbocycles. The van der Waals surface area contributed by atoms with Gasteiger partial charge in [-0.15, -0.1) is 0 Å². The van der Waals surface area contributed by atoms with Gasteiger partial charge in [-0.1, -0.05) is 25.0 Å². The summed E-state index contributed by atoms with van der Waals surface area (Å²) < 4.78 is 41.1. The summed E-state index contributed by atoms with van der Waals surface area (Å²) in [6, 6.07) is 12.5. The second kappa shape index (κ2) is 8.68. The number of nitrogens with zero attached hydrogens (tertiary/aromatic N) is 2. The van der Waals surface area contributed by atoms with Gasteiger partial charge in [-0.2, -0.15) is 4.31 Å². The predicted molar refractivity (Wildman–Crippen MR) is 117 cm³/mol. The van der Waals surface area contributed by atoms with Crippen molar-refractivity contribution >= 4 is 15.9 Å². The summed E-state index contributed by atoms with van der Waals surface area (Å²) in [5, 5.41) is 3.11. The van der Waals surface area contributed by atoms with Gasteiger partial charge in [-0.05, 0) is 61.9 Å². The summed E-state index contributed by atoms with van der Waals surface area (Å²) in [5.41, 5.74) is 0.566. The Balaban J connectivity index is 1.51. The fourth-order valence-corrected chi connectivity index (χ4v) is 5.92. The zero-order chi connectivity index (χ0) is 22.1. The fourth-order valence-electron chi connectivity index (χ4n) is 4.50. The highest BCUT2D eigenvalue weighted by Gasteiger charge is 2.37. The molecule has 0 aromatic heterocycles. The first kappa shape index (κ1) is 21.9. The van der Waals surface area contributed by atoms with E-state index in [1.54, 1.807) is 18.2 Å². The van der Waals surface area contributed by atoms with Gasteiger partial charge in [0.1, 0.15) is 5.82 Å². The quantitative estimate of drug-likeness (QED) is 0.768. The molecule has 1 N–H and O–H groups in total. The van der Waals surface area contributed by atoms with E-state index in [1.807, 2.05) is 13.1 Å². The number of carbonyl (C=O) groups is 1. The summed E-state index contributed by atoms with van der Waals surface area (Å²) in [6.07, 6.45) is 3.41. The number of halogens is 1. The molecule has 2 aromatic rings. The highest BCUT2D eigenvalue weighted by Crippen LogP contribution is 2.39. The second-order valence-electron chi connectivity index (χ2n) is 8.49. The van der Waals surface area contributed by atoms with E-state index in [0.29, 0.717) is 31.7 Å². The second-order valence-corrected chi connectivity index (χ2v) is 10.4. The van der Waals surface area contributed by atoms with Crippen LogP contribution in [0.4, 0.5) is 4.39 Å². The van der Waals surface area contributed by atoms with Crippen molar-refractivity contribution in [1.82, 2.24) is 14.5 Å². The lowest BCUT2D eigenvalue weighted by molar-refractivity contribution is 0.0898. The van der Waals surface area contributed by atoms with Crippen molar-refractivity contribution in [2.45, 2.75) is 36.1 Å². The van der Waals surface area contributed by atoms with Gasteiger partial charge in [0.2, 0.25) is 10.0 Å². The molecule has 0 bridgehead atoms. The van der Waals surface area contributed by atoms with E-state index in [4.69, 9.17) is 0 Å². The Labute approximate surface area is 183 Å². The number of piperazine rings is 1. The third kappa shape index (κ3) is 4.51. The molecule has 0 radical (unpaired) electrons. The highest BCUT2D eigenvalue weighted by molar-refractivity contribution is 7.89. The Hall–Kier alpha value is -2.29. The minimum absolute atomic E-state index is 0.189. The molecular formula is C23H28FN3O3S. The Morgan fingerprint density at radius 2 is 1.65 bits per heavy atom. The molecule has 0 atom stereocenters. The molecule has 4 rings (SSSR count). The van der Waals surface area contributed by atoms with Crippen LogP contribution in [0.15, 0.2) is 53.4 Å². The maximum Gasteiger partial charge on any atom is 0.251 e. The SMILES string of the molecule is CN1CCN(S(=O)(=O)c2ccc(C(=O)NC3(c4cccc(F)c4)CCCC3)cc2)CC1. The number of nitrogens with one attached hydrogen (secondary N) is 1. The van der Waals surface area contributed by atoms with Gasteiger partial charge in [0.25, 0.3) is 5.91 Å². The Kier molecular flexibility index (Phi) is 6.14. The lowest BCUT2D eigenvalue weighted by Gasteiger charge is -2.32. The molecule has 1 saturated carbocycles. The number of rotatable bonds is 5. The van der Waals surface area contributed by atoms with Crippen LogP contribution >= 0.6 is 0 Å². The van der Waals surface area contributed by atoms with E-state index in [-0.39, 0.29) is 16.6 Å². The van der Waals surface area contributed by atoms with Crippen molar-refractivity contribution in [1.29, 1.82) is 0 Å². The largest absolute Gasteiger partial charge is 0.343 e. The monoisotopic (exact) mass is 445 g/mol. The number of hydrogen-bond acceptors (Lipinski definition) is 4. The van der Waals surface area contributed by atoms with E-state index in [1.165, 1.54) is 28.6 Å². The summed E-state index contributed by atoms with van der Waals surface area (Å²) >= 11 is 0. The van der Waals surface area contributed by atoms with Crippen LogP contribution in [0.3, 0.4) is 0 Å². The van der Waals surface area contributed by atoms with Gasteiger partial charge in [0.05, 0.1) is 10.4 Å². The molecule has 1 aliphatic heterocycles. The average molecular weight is 446 g/mol. The van der Waals surface area contributed by atoms with Crippen LogP contribution in [0.2, 0.25) is 0 Å². The molecule has 2 aliphatic rings. The molecule has 1 heterocycles. The molecule has 2 fully saturated rings. The van der Waals surface area contributed by atoms with Crippen LogP contribution in [0.5, 0.6) is 0 Å². The third-order valence-electron chi connectivity index (χ3n) is 6.40. The van der Waals surface area contributed by atoms with Crippen molar-refractivity contribution in [2.24, 2.45) is 0 Å². The summed E-state index contributed by atoms with van der Waals surface area (Å²) in [4.78, 5) is 15.3. The number of likely N-dealkylation sites (N-methyl/N-ethyl adjacent to an activating group) is 1. The topological polar surface area (TPSA) is 69.7 Å². The molecule has 1 amide bonds. The lowest BCUT2D eigenvalue weighted by Crippen LogP contribution is -2.47. The molecule has 166 valence electrons. The lowest BCUT2D eigenvalue weighted by atomic mass is 9.87. The van der Waals surface area contributed by atoms with Crippen molar-refractivity contribution in [3.8, 4) is 0 Å². The highest BCUT2D eigenvalue weighted by atomic mass is 32.2. The zero-order valence-electron chi connectivity index (χ0n) is 17.7. The molecule has 6 nitrogen and oxygen atoms in total. The fraction of sp³-hybridized carbons (Fsp3) is 0.435. The van der Waals surface area contributed by atoms with Crippen molar-refractivity contribution in [3.63, 3.8) is 0 Å². The number of benzene rings is 2. The van der Waals surface area contributed by atoms with E-state index < -0.39 is 15.6 Å². The standard InChI is InChI=1S/C23H28FN3O3S/c1-26-13-15-27(16-14-26)31(29,30)21-9-7-18(8-10-21)22(28)25-23(11-2-3-12-23)19-5-4-6-20(24)17-19/h4-10,17H,2-3,11-16H2,1H3,(H,25,28). The molecule has 0 unspecified atom stereocenters. The minimum atomic E-state index is -3.58. The zero-order valence-corrected chi connectivity index (χ0v) is 18.5. The van der Waals surface area contributed by atoms with Gasteiger partial charge in [-0.3, -0.25) is 4.79 Å².